The highest BCUT2D eigenvalue weighted by Gasteiger charge is 2.22. The Morgan fingerprint density at radius 2 is 2.22 bits per heavy atom. The maximum atomic E-state index is 12.3. The number of benzene rings is 1. The Morgan fingerprint density at radius 1 is 1.39 bits per heavy atom. The highest BCUT2D eigenvalue weighted by Crippen LogP contribution is 2.31. The Hall–Kier alpha value is -1.46. The summed E-state index contributed by atoms with van der Waals surface area (Å²) in [7, 11) is 0. The molecule has 0 unspecified atom stereocenters. The third kappa shape index (κ3) is 1.89. The van der Waals surface area contributed by atoms with Gasteiger partial charge in [0, 0.05) is 15.7 Å². The lowest BCUT2D eigenvalue weighted by molar-refractivity contribution is -0.115. The van der Waals surface area contributed by atoms with Crippen molar-refractivity contribution in [2.45, 2.75) is 6.42 Å². The number of hydrogen-bond acceptors (Lipinski definition) is 3. The molecule has 1 amide bonds. The molecule has 0 saturated heterocycles. The van der Waals surface area contributed by atoms with Crippen molar-refractivity contribution in [1.29, 1.82) is 0 Å². The maximum absolute atomic E-state index is 12.3. The molecule has 90 valence electrons. The summed E-state index contributed by atoms with van der Waals surface area (Å²) in [5.41, 5.74) is 2.27. The second-order valence-electron chi connectivity index (χ2n) is 4.02. The predicted molar refractivity (Wildman–Crippen MR) is 74.2 cm³/mol. The molecule has 0 aliphatic carbocycles. The van der Waals surface area contributed by atoms with Crippen molar-refractivity contribution < 1.29 is 9.59 Å². The molecule has 18 heavy (non-hydrogen) atoms. The molecule has 0 atom stereocenters. The van der Waals surface area contributed by atoms with E-state index in [2.05, 4.69) is 21.2 Å². The average molecular weight is 322 g/mol. The molecule has 3 nitrogen and oxygen atoms in total. The fourth-order valence-electron chi connectivity index (χ4n) is 1.96. The molecule has 1 aromatic carbocycles. The lowest BCUT2D eigenvalue weighted by Crippen LogP contribution is -2.03. The summed E-state index contributed by atoms with van der Waals surface area (Å²) >= 11 is 4.80. The van der Waals surface area contributed by atoms with Crippen LogP contribution in [0.25, 0.3) is 0 Å². The van der Waals surface area contributed by atoms with Crippen molar-refractivity contribution in [1.82, 2.24) is 0 Å². The lowest BCUT2D eigenvalue weighted by atomic mass is 10.0. The Kier molecular flexibility index (Phi) is 2.80. The fourth-order valence-corrected chi connectivity index (χ4v) is 3.16. The van der Waals surface area contributed by atoms with Gasteiger partial charge in [0.15, 0.2) is 0 Å². The Balaban J connectivity index is 2.06. The van der Waals surface area contributed by atoms with Crippen molar-refractivity contribution in [2.75, 3.05) is 5.32 Å². The van der Waals surface area contributed by atoms with E-state index >= 15 is 0 Å². The molecule has 2 heterocycles. The monoisotopic (exact) mass is 321 g/mol. The number of anilines is 1. The second-order valence-corrected chi connectivity index (χ2v) is 5.82. The highest BCUT2D eigenvalue weighted by atomic mass is 79.9. The summed E-state index contributed by atoms with van der Waals surface area (Å²) in [5.74, 6) is -0.0448. The summed E-state index contributed by atoms with van der Waals surface area (Å²) in [6.45, 7) is 0. The number of carbonyl (C=O) groups is 2. The third-order valence-corrected chi connectivity index (χ3v) is 4.33. The van der Waals surface area contributed by atoms with Crippen LogP contribution < -0.4 is 5.32 Å². The molecule has 1 aromatic heterocycles. The largest absolute Gasteiger partial charge is 0.325 e. The molecule has 0 bridgehead atoms. The number of fused-ring (bicyclic) bond motifs is 1. The third-order valence-electron chi connectivity index (χ3n) is 2.81. The molecule has 1 aliphatic heterocycles. The van der Waals surface area contributed by atoms with Gasteiger partial charge in [0.1, 0.15) is 0 Å². The predicted octanol–water partition coefficient (Wildman–Crippen LogP) is 3.24. The van der Waals surface area contributed by atoms with Gasteiger partial charge in [0.05, 0.1) is 11.3 Å². The molecule has 3 rings (SSSR count). The first-order chi connectivity index (χ1) is 8.65. The Morgan fingerprint density at radius 3 is 2.94 bits per heavy atom. The van der Waals surface area contributed by atoms with Crippen LogP contribution in [0.2, 0.25) is 0 Å². The smallest absolute Gasteiger partial charge is 0.228 e. The van der Waals surface area contributed by atoms with E-state index in [1.54, 1.807) is 18.2 Å². The fraction of sp³-hybridized carbons (Fsp3) is 0.0769. The van der Waals surface area contributed by atoms with E-state index in [1.807, 2.05) is 11.4 Å². The van der Waals surface area contributed by atoms with Crippen LogP contribution in [0.5, 0.6) is 0 Å². The normalized spacial score (nSPS) is 13.3. The summed E-state index contributed by atoms with van der Waals surface area (Å²) in [4.78, 5) is 24.3. The Bertz CT molecular complexity index is 649. The van der Waals surface area contributed by atoms with E-state index in [4.69, 9.17) is 0 Å². The molecule has 0 saturated carbocycles. The SMILES string of the molecule is O=C1Cc2cc(C(=O)c3cccs3)c(Br)cc2N1. The first-order valence-electron chi connectivity index (χ1n) is 5.35. The van der Waals surface area contributed by atoms with Crippen LogP contribution in [0.4, 0.5) is 5.69 Å². The minimum absolute atomic E-state index is 0.0148. The first kappa shape index (κ1) is 11.6. The van der Waals surface area contributed by atoms with Crippen LogP contribution in [0, 0.1) is 0 Å². The molecule has 1 aliphatic rings. The summed E-state index contributed by atoms with van der Waals surface area (Å²) in [6.07, 6.45) is 0.341. The van der Waals surface area contributed by atoms with E-state index in [0.717, 1.165) is 11.3 Å². The van der Waals surface area contributed by atoms with Crippen LogP contribution in [0.3, 0.4) is 0 Å². The van der Waals surface area contributed by atoms with Gasteiger partial charge in [-0.3, -0.25) is 9.59 Å². The summed E-state index contributed by atoms with van der Waals surface area (Å²) in [5, 5.41) is 4.64. The molecule has 0 fully saturated rings. The average Bonchev–Trinajstić information content (AvgIpc) is 2.94. The molecule has 2 aromatic rings. The maximum Gasteiger partial charge on any atom is 0.228 e. The number of hydrogen-bond donors (Lipinski definition) is 1. The van der Waals surface area contributed by atoms with Crippen molar-refractivity contribution in [3.05, 3.63) is 50.1 Å². The number of carbonyl (C=O) groups excluding carboxylic acids is 2. The quantitative estimate of drug-likeness (QED) is 0.863. The minimum Gasteiger partial charge on any atom is -0.325 e. The van der Waals surface area contributed by atoms with Crippen LogP contribution in [-0.4, -0.2) is 11.7 Å². The number of amides is 1. The van der Waals surface area contributed by atoms with Gasteiger partial charge < -0.3 is 5.32 Å². The van der Waals surface area contributed by atoms with E-state index in [0.29, 0.717) is 21.3 Å². The Labute approximate surface area is 116 Å². The number of ketones is 1. The molecular formula is C13H8BrNO2S. The number of nitrogens with one attached hydrogen (secondary N) is 1. The van der Waals surface area contributed by atoms with Crippen molar-refractivity contribution in [2.24, 2.45) is 0 Å². The van der Waals surface area contributed by atoms with Crippen molar-refractivity contribution >= 4 is 44.6 Å². The van der Waals surface area contributed by atoms with E-state index in [-0.39, 0.29) is 11.7 Å². The molecular weight excluding hydrogens is 314 g/mol. The highest BCUT2D eigenvalue weighted by molar-refractivity contribution is 9.10. The number of rotatable bonds is 2. The van der Waals surface area contributed by atoms with E-state index in [1.165, 1.54) is 11.3 Å². The number of halogens is 1. The standard InChI is InChI=1S/C13H8BrNO2S/c14-9-6-10-7(5-12(16)15-10)4-8(9)13(17)11-2-1-3-18-11/h1-4,6H,5H2,(H,15,16). The van der Waals surface area contributed by atoms with Gasteiger partial charge in [-0.1, -0.05) is 6.07 Å². The van der Waals surface area contributed by atoms with Gasteiger partial charge in [-0.2, -0.15) is 0 Å². The molecule has 0 radical (unpaired) electrons. The molecule has 1 N–H and O–H groups in total. The van der Waals surface area contributed by atoms with Crippen LogP contribution >= 0.6 is 27.3 Å². The van der Waals surface area contributed by atoms with Gasteiger partial charge in [-0.05, 0) is 45.1 Å². The first-order valence-corrected chi connectivity index (χ1v) is 7.03. The van der Waals surface area contributed by atoms with Gasteiger partial charge >= 0.3 is 0 Å². The van der Waals surface area contributed by atoms with Gasteiger partial charge in [0.25, 0.3) is 0 Å². The van der Waals surface area contributed by atoms with Crippen LogP contribution in [0.1, 0.15) is 20.8 Å². The minimum atomic E-state index is -0.0300. The summed E-state index contributed by atoms with van der Waals surface area (Å²) < 4.78 is 0.710. The molecule has 0 spiro atoms. The van der Waals surface area contributed by atoms with Crippen molar-refractivity contribution in [3.8, 4) is 0 Å². The van der Waals surface area contributed by atoms with Crippen LogP contribution in [-0.2, 0) is 11.2 Å². The van der Waals surface area contributed by atoms with E-state index < -0.39 is 0 Å². The topological polar surface area (TPSA) is 46.2 Å². The van der Waals surface area contributed by atoms with Crippen LogP contribution in [0.15, 0.2) is 34.1 Å². The number of thiophene rings is 1. The lowest BCUT2D eigenvalue weighted by Gasteiger charge is -2.05. The van der Waals surface area contributed by atoms with Gasteiger partial charge in [0.2, 0.25) is 11.7 Å². The van der Waals surface area contributed by atoms with Gasteiger partial charge in [-0.15, -0.1) is 11.3 Å². The summed E-state index contributed by atoms with van der Waals surface area (Å²) in [6, 6.07) is 7.24. The zero-order chi connectivity index (χ0) is 12.7. The van der Waals surface area contributed by atoms with Crippen molar-refractivity contribution in [3.63, 3.8) is 0 Å². The molecule has 5 heteroatoms. The van der Waals surface area contributed by atoms with E-state index in [9.17, 15) is 9.59 Å². The van der Waals surface area contributed by atoms with Gasteiger partial charge in [-0.25, -0.2) is 0 Å². The second kappa shape index (κ2) is 4.33. The zero-order valence-electron chi connectivity index (χ0n) is 9.20. The zero-order valence-corrected chi connectivity index (χ0v) is 11.6.